The van der Waals surface area contributed by atoms with Gasteiger partial charge in [0, 0.05) is 8.07 Å². The number of rotatable bonds is 6. The van der Waals surface area contributed by atoms with E-state index >= 15 is 0 Å². The van der Waals surface area contributed by atoms with Crippen LogP contribution in [0.1, 0.15) is 90.9 Å². The van der Waals surface area contributed by atoms with E-state index in [1.807, 2.05) is 0 Å². The van der Waals surface area contributed by atoms with E-state index in [0.717, 1.165) is 41.4 Å². The van der Waals surface area contributed by atoms with Crippen molar-refractivity contribution < 1.29 is 0 Å². The van der Waals surface area contributed by atoms with E-state index in [9.17, 15) is 0 Å². The summed E-state index contributed by atoms with van der Waals surface area (Å²) in [6, 6.07) is 1.34. The number of hydrogen-bond donors (Lipinski definition) is 0. The normalized spacial score (nSPS) is 40.5. The summed E-state index contributed by atoms with van der Waals surface area (Å²) in [5.41, 5.74) is 2.14. The summed E-state index contributed by atoms with van der Waals surface area (Å²) in [6.07, 6.45) is 18.2. The molecule has 0 N–H and O–H groups in total. The summed E-state index contributed by atoms with van der Waals surface area (Å²) < 4.78 is 0. The minimum Gasteiger partial charge on any atom is -0.100 e. The molecule has 0 spiro atoms. The molecule has 0 aliphatic heterocycles. The summed E-state index contributed by atoms with van der Waals surface area (Å²) in [5, 5.41) is 0. The molecule has 4 aliphatic rings. The van der Waals surface area contributed by atoms with Gasteiger partial charge in [0.25, 0.3) is 0 Å². The van der Waals surface area contributed by atoms with Crippen LogP contribution >= 0.6 is 0 Å². The van der Waals surface area contributed by atoms with E-state index < -0.39 is 8.07 Å². The Morgan fingerprint density at radius 2 is 1.31 bits per heavy atom. The monoisotopic (exact) mass is 414 g/mol. The van der Waals surface area contributed by atoms with Crippen molar-refractivity contribution in [3.05, 3.63) is 12.2 Å². The van der Waals surface area contributed by atoms with Crippen molar-refractivity contribution in [2.75, 3.05) is 0 Å². The average molecular weight is 415 g/mol. The molecule has 0 heterocycles. The summed E-state index contributed by atoms with van der Waals surface area (Å²) in [7, 11) is -1.01. The van der Waals surface area contributed by atoms with Gasteiger partial charge < -0.3 is 0 Å². The average Bonchev–Trinajstić information content (AvgIpc) is 3.23. The molecular weight excluding hydrogens is 364 g/mol. The minimum atomic E-state index is -1.01. The third-order valence-electron chi connectivity index (χ3n) is 10.0. The first-order valence-corrected chi connectivity index (χ1v) is 17.0. The maximum absolute atomic E-state index is 4.51. The van der Waals surface area contributed by atoms with Gasteiger partial charge in [-0.15, -0.1) is 6.58 Å². The lowest BCUT2D eigenvalue weighted by Crippen LogP contribution is -2.39. The molecule has 0 aromatic carbocycles. The van der Waals surface area contributed by atoms with Crippen molar-refractivity contribution in [3.63, 3.8) is 0 Å². The predicted molar refractivity (Wildman–Crippen MR) is 131 cm³/mol. The lowest BCUT2D eigenvalue weighted by molar-refractivity contribution is 0.0295. The van der Waals surface area contributed by atoms with Gasteiger partial charge in [0.1, 0.15) is 0 Å². The first-order chi connectivity index (χ1) is 13.7. The summed E-state index contributed by atoms with van der Waals surface area (Å²) >= 11 is 0. The van der Waals surface area contributed by atoms with Crippen molar-refractivity contribution in [1.29, 1.82) is 0 Å². The fourth-order valence-electron chi connectivity index (χ4n) is 9.19. The van der Waals surface area contributed by atoms with Crippen molar-refractivity contribution in [1.82, 2.24) is 0 Å². The molecule has 0 amide bonds. The molecule has 4 rings (SSSR count). The molecule has 4 saturated carbocycles. The fourth-order valence-corrected chi connectivity index (χ4v) is 10.8. The van der Waals surface area contributed by atoms with Gasteiger partial charge >= 0.3 is 0 Å². The lowest BCUT2D eigenvalue weighted by Gasteiger charge is -2.46. The highest BCUT2D eigenvalue weighted by Gasteiger charge is 2.57. The predicted octanol–water partition coefficient (Wildman–Crippen LogP) is 8.96. The molecule has 4 aliphatic carbocycles. The fraction of sp³-hybridized carbons (Fsp3) is 0.929. The van der Waals surface area contributed by atoms with E-state index in [1.165, 1.54) is 57.4 Å². The number of allylic oxidation sites excluding steroid dienone is 1. The quantitative estimate of drug-likeness (QED) is 0.300. The van der Waals surface area contributed by atoms with Crippen molar-refractivity contribution in [2.24, 2.45) is 46.8 Å². The molecular formula is C28H50Si. The highest BCUT2D eigenvalue weighted by atomic mass is 28.3. The Kier molecular flexibility index (Phi) is 6.48. The summed E-state index contributed by atoms with van der Waals surface area (Å²) in [4.78, 5) is 0. The van der Waals surface area contributed by atoms with E-state index in [2.05, 4.69) is 40.1 Å². The molecule has 6 unspecified atom stereocenters. The zero-order valence-corrected chi connectivity index (χ0v) is 21.4. The molecule has 0 aromatic heterocycles. The van der Waals surface area contributed by atoms with Crippen LogP contribution in [0.2, 0.25) is 25.7 Å². The van der Waals surface area contributed by atoms with Crippen LogP contribution in [0.5, 0.6) is 0 Å². The lowest BCUT2D eigenvalue weighted by atomic mass is 9.59. The first kappa shape index (κ1) is 22.2. The number of fused-ring (bicyclic) bond motifs is 3. The Hall–Kier alpha value is -0.0431. The highest BCUT2D eigenvalue weighted by Crippen LogP contribution is 2.64. The van der Waals surface area contributed by atoms with Crippen LogP contribution in [-0.2, 0) is 0 Å². The zero-order chi connectivity index (χ0) is 20.8. The van der Waals surface area contributed by atoms with Gasteiger partial charge in [0.05, 0.1) is 0 Å². The van der Waals surface area contributed by atoms with E-state index in [1.54, 1.807) is 31.3 Å². The second-order valence-corrected chi connectivity index (χ2v) is 19.1. The van der Waals surface area contributed by atoms with Crippen LogP contribution in [0.25, 0.3) is 0 Å². The molecule has 0 aromatic rings. The maximum Gasteiger partial charge on any atom is 0.0483 e. The molecule has 0 nitrogen and oxygen atoms in total. The topological polar surface area (TPSA) is 0 Å². The third-order valence-corrected chi connectivity index (χ3v) is 11.6. The van der Waals surface area contributed by atoms with E-state index in [4.69, 9.17) is 0 Å². The number of hydrogen-bond acceptors (Lipinski definition) is 0. The standard InChI is InChI=1S/C28H50Si/c1-20(19-29(4,5)6)17-21-15-16-22(18-21)28(2,3)27-25-13-9-7-11-23(25)24-12-8-10-14-26(24)27/h21-27H,1,7-19H2,2-6H3. The molecule has 29 heavy (non-hydrogen) atoms. The smallest absolute Gasteiger partial charge is 0.0483 e. The van der Waals surface area contributed by atoms with Gasteiger partial charge in [0.15, 0.2) is 0 Å². The summed E-state index contributed by atoms with van der Waals surface area (Å²) in [5.74, 6) is 7.31. The van der Waals surface area contributed by atoms with Crippen LogP contribution in [0.4, 0.5) is 0 Å². The van der Waals surface area contributed by atoms with Crippen LogP contribution < -0.4 is 0 Å². The van der Waals surface area contributed by atoms with Crippen LogP contribution in [-0.4, -0.2) is 8.07 Å². The SMILES string of the molecule is C=C(CC1CCC(C(C)(C)C2C3CCCCC3C3CCCCC32)C1)C[Si](C)(C)C. The Bertz CT molecular complexity index is 560. The van der Waals surface area contributed by atoms with Crippen molar-refractivity contribution in [3.8, 4) is 0 Å². The van der Waals surface area contributed by atoms with Gasteiger partial charge in [-0.3, -0.25) is 0 Å². The van der Waals surface area contributed by atoms with Crippen LogP contribution in [0.3, 0.4) is 0 Å². The first-order valence-electron chi connectivity index (χ1n) is 13.3. The minimum absolute atomic E-state index is 0.561. The maximum atomic E-state index is 4.51. The van der Waals surface area contributed by atoms with Gasteiger partial charge in [-0.2, -0.15) is 0 Å². The second kappa shape index (κ2) is 8.48. The molecule has 0 radical (unpaired) electrons. The molecule has 166 valence electrons. The van der Waals surface area contributed by atoms with Crippen LogP contribution in [0, 0.1) is 46.8 Å². The second-order valence-electron chi connectivity index (χ2n) is 13.6. The Morgan fingerprint density at radius 1 is 0.793 bits per heavy atom. The molecule has 0 saturated heterocycles. The van der Waals surface area contributed by atoms with Gasteiger partial charge in [0.2, 0.25) is 0 Å². The largest absolute Gasteiger partial charge is 0.100 e. The van der Waals surface area contributed by atoms with Crippen molar-refractivity contribution in [2.45, 2.75) is 117 Å². The van der Waals surface area contributed by atoms with Gasteiger partial charge in [-0.1, -0.05) is 64.7 Å². The zero-order valence-electron chi connectivity index (χ0n) is 20.4. The third kappa shape index (κ3) is 4.60. The van der Waals surface area contributed by atoms with Crippen LogP contribution in [0.15, 0.2) is 12.2 Å². The van der Waals surface area contributed by atoms with Gasteiger partial charge in [-0.05, 0) is 104 Å². The Balaban J connectivity index is 1.44. The molecule has 1 heteroatoms. The molecule has 0 bridgehead atoms. The van der Waals surface area contributed by atoms with Crippen molar-refractivity contribution >= 4 is 8.07 Å². The Labute approximate surface area is 183 Å². The molecule has 4 fully saturated rings. The van der Waals surface area contributed by atoms with Gasteiger partial charge in [-0.25, -0.2) is 0 Å². The molecule has 6 atom stereocenters. The summed E-state index contributed by atoms with van der Waals surface area (Å²) in [6.45, 7) is 17.5. The Morgan fingerprint density at radius 3 is 1.83 bits per heavy atom. The highest BCUT2D eigenvalue weighted by molar-refractivity contribution is 6.76. The van der Waals surface area contributed by atoms with E-state index in [-0.39, 0.29) is 0 Å². The van der Waals surface area contributed by atoms with E-state index in [0.29, 0.717) is 5.41 Å².